The molecular weight excluding hydrogens is 305 g/mol. The van der Waals surface area contributed by atoms with Crippen molar-refractivity contribution >= 4 is 35.6 Å². The number of hydrogen-bond donors (Lipinski definition) is 1. The van der Waals surface area contributed by atoms with Gasteiger partial charge in [-0.15, -0.1) is 12.4 Å². The van der Waals surface area contributed by atoms with Crippen molar-refractivity contribution in [1.29, 1.82) is 0 Å². The number of ether oxygens (including phenoxy) is 1. The van der Waals surface area contributed by atoms with E-state index in [9.17, 15) is 0 Å². The highest BCUT2D eigenvalue weighted by atomic mass is 35.5. The molecule has 0 aromatic heterocycles. The molecule has 2 nitrogen and oxygen atoms in total. The molecular formula is C14H22Cl3NO. The quantitative estimate of drug-likeness (QED) is 0.716. The monoisotopic (exact) mass is 325 g/mol. The lowest BCUT2D eigenvalue weighted by molar-refractivity contribution is 0.340. The Morgan fingerprint density at radius 1 is 1.21 bits per heavy atom. The Morgan fingerprint density at radius 3 is 2.26 bits per heavy atom. The van der Waals surface area contributed by atoms with Crippen molar-refractivity contribution in [1.82, 2.24) is 5.32 Å². The van der Waals surface area contributed by atoms with Crippen LogP contribution in [0.25, 0.3) is 0 Å². The Bertz CT molecular complexity index is 360. The van der Waals surface area contributed by atoms with E-state index in [2.05, 4.69) is 19.2 Å². The van der Waals surface area contributed by atoms with Gasteiger partial charge in [0, 0.05) is 6.54 Å². The van der Waals surface area contributed by atoms with E-state index in [-0.39, 0.29) is 12.4 Å². The molecule has 0 aliphatic rings. The van der Waals surface area contributed by atoms with Crippen molar-refractivity contribution in [2.45, 2.75) is 33.7 Å². The van der Waals surface area contributed by atoms with Gasteiger partial charge in [-0.2, -0.15) is 0 Å². The normalized spacial score (nSPS) is 10.4. The first-order valence-corrected chi connectivity index (χ1v) is 7.11. The third kappa shape index (κ3) is 6.71. The molecule has 110 valence electrons. The van der Waals surface area contributed by atoms with Crippen molar-refractivity contribution in [2.75, 3.05) is 13.2 Å². The van der Waals surface area contributed by atoms with Gasteiger partial charge in [0.15, 0.2) is 5.75 Å². The van der Waals surface area contributed by atoms with Crippen molar-refractivity contribution in [3.63, 3.8) is 0 Å². The summed E-state index contributed by atoms with van der Waals surface area (Å²) in [5.41, 5.74) is 1.08. The van der Waals surface area contributed by atoms with Crippen LogP contribution in [0.5, 0.6) is 5.75 Å². The topological polar surface area (TPSA) is 21.3 Å². The molecule has 1 rings (SSSR count). The molecule has 0 spiro atoms. The molecule has 0 amide bonds. The smallest absolute Gasteiger partial charge is 0.156 e. The Kier molecular flexibility index (Phi) is 9.63. The highest BCUT2D eigenvalue weighted by Gasteiger charge is 2.09. The van der Waals surface area contributed by atoms with Crippen LogP contribution < -0.4 is 10.1 Å². The third-order valence-corrected chi connectivity index (χ3v) is 3.14. The number of rotatable bonds is 7. The Morgan fingerprint density at radius 2 is 1.79 bits per heavy atom. The molecule has 0 atom stereocenters. The molecule has 1 aromatic rings. The van der Waals surface area contributed by atoms with Crippen LogP contribution in [-0.2, 0) is 6.54 Å². The molecule has 1 N–H and O–H groups in total. The Balaban J connectivity index is 0.00000324. The second-order valence-electron chi connectivity index (χ2n) is 4.68. The lowest BCUT2D eigenvalue weighted by Gasteiger charge is -2.11. The predicted molar refractivity (Wildman–Crippen MR) is 86.0 cm³/mol. The maximum atomic E-state index is 6.14. The minimum Gasteiger partial charge on any atom is -0.491 e. The summed E-state index contributed by atoms with van der Waals surface area (Å²) >= 11 is 12.3. The maximum Gasteiger partial charge on any atom is 0.156 e. The first kappa shape index (κ1) is 18.9. The SMILES string of the molecule is CCOc1c(Cl)cc(CNCCC(C)C)cc1Cl.Cl. The first-order chi connectivity index (χ1) is 8.54. The zero-order valence-electron chi connectivity index (χ0n) is 11.6. The van der Waals surface area contributed by atoms with Gasteiger partial charge < -0.3 is 10.1 Å². The first-order valence-electron chi connectivity index (χ1n) is 6.36. The van der Waals surface area contributed by atoms with E-state index in [0.717, 1.165) is 18.7 Å². The van der Waals surface area contributed by atoms with Gasteiger partial charge in [0.05, 0.1) is 16.7 Å². The lowest BCUT2D eigenvalue weighted by Crippen LogP contribution is -2.16. The van der Waals surface area contributed by atoms with Gasteiger partial charge in [0.25, 0.3) is 0 Å². The van der Waals surface area contributed by atoms with E-state index >= 15 is 0 Å². The molecule has 0 saturated carbocycles. The van der Waals surface area contributed by atoms with Crippen LogP contribution in [0.4, 0.5) is 0 Å². The van der Waals surface area contributed by atoms with Crippen LogP contribution >= 0.6 is 35.6 Å². The summed E-state index contributed by atoms with van der Waals surface area (Å²) < 4.78 is 5.40. The van der Waals surface area contributed by atoms with E-state index < -0.39 is 0 Å². The van der Waals surface area contributed by atoms with E-state index in [0.29, 0.717) is 28.3 Å². The van der Waals surface area contributed by atoms with E-state index in [1.165, 1.54) is 6.42 Å². The van der Waals surface area contributed by atoms with Crippen molar-refractivity contribution in [3.05, 3.63) is 27.7 Å². The molecule has 0 radical (unpaired) electrons. The van der Waals surface area contributed by atoms with E-state index in [1.54, 1.807) is 0 Å². The predicted octanol–water partition coefficient (Wildman–Crippen LogP) is 4.95. The van der Waals surface area contributed by atoms with Gasteiger partial charge in [-0.05, 0) is 43.5 Å². The molecule has 0 saturated heterocycles. The summed E-state index contributed by atoms with van der Waals surface area (Å²) in [4.78, 5) is 0. The fourth-order valence-electron chi connectivity index (χ4n) is 1.62. The van der Waals surface area contributed by atoms with Gasteiger partial charge in [0.2, 0.25) is 0 Å². The lowest BCUT2D eigenvalue weighted by atomic mass is 10.1. The van der Waals surface area contributed by atoms with Crippen LogP contribution in [0.2, 0.25) is 10.0 Å². The van der Waals surface area contributed by atoms with Crippen molar-refractivity contribution in [2.24, 2.45) is 5.92 Å². The second kappa shape index (κ2) is 9.71. The molecule has 1 aromatic carbocycles. The van der Waals surface area contributed by atoms with E-state index in [1.807, 2.05) is 19.1 Å². The summed E-state index contributed by atoms with van der Waals surface area (Å²) in [5, 5.41) is 4.53. The highest BCUT2D eigenvalue weighted by molar-refractivity contribution is 6.37. The molecule has 19 heavy (non-hydrogen) atoms. The zero-order chi connectivity index (χ0) is 13.5. The maximum absolute atomic E-state index is 6.14. The zero-order valence-corrected chi connectivity index (χ0v) is 14.0. The van der Waals surface area contributed by atoms with Gasteiger partial charge in [-0.3, -0.25) is 0 Å². The van der Waals surface area contributed by atoms with Gasteiger partial charge in [-0.1, -0.05) is 37.0 Å². The summed E-state index contributed by atoms with van der Waals surface area (Å²) in [7, 11) is 0. The van der Waals surface area contributed by atoms with Gasteiger partial charge in [0.1, 0.15) is 0 Å². The van der Waals surface area contributed by atoms with Crippen molar-refractivity contribution < 1.29 is 4.74 Å². The van der Waals surface area contributed by atoms with Crippen LogP contribution in [0, 0.1) is 5.92 Å². The minimum atomic E-state index is 0. The second-order valence-corrected chi connectivity index (χ2v) is 5.50. The number of nitrogens with one attached hydrogen (secondary N) is 1. The average Bonchev–Trinajstić information content (AvgIpc) is 2.29. The number of halogens is 3. The number of benzene rings is 1. The van der Waals surface area contributed by atoms with E-state index in [4.69, 9.17) is 27.9 Å². The molecule has 0 unspecified atom stereocenters. The van der Waals surface area contributed by atoms with Crippen molar-refractivity contribution in [3.8, 4) is 5.75 Å². The van der Waals surface area contributed by atoms with Crippen LogP contribution in [0.15, 0.2) is 12.1 Å². The Labute approximate surface area is 132 Å². The molecule has 0 fully saturated rings. The summed E-state index contributed by atoms with van der Waals surface area (Å²) in [5.74, 6) is 1.29. The van der Waals surface area contributed by atoms with Crippen LogP contribution in [-0.4, -0.2) is 13.2 Å². The minimum absolute atomic E-state index is 0. The summed E-state index contributed by atoms with van der Waals surface area (Å²) in [6.45, 7) is 8.68. The molecule has 0 heterocycles. The largest absolute Gasteiger partial charge is 0.491 e. The summed E-state index contributed by atoms with van der Waals surface area (Å²) in [6.07, 6.45) is 1.17. The number of hydrogen-bond acceptors (Lipinski definition) is 2. The highest BCUT2D eigenvalue weighted by Crippen LogP contribution is 2.34. The fraction of sp³-hybridized carbons (Fsp3) is 0.571. The molecule has 0 bridgehead atoms. The fourth-order valence-corrected chi connectivity index (χ4v) is 2.26. The molecule has 0 aliphatic heterocycles. The standard InChI is InChI=1S/C14H21Cl2NO.ClH/c1-4-18-14-12(15)7-11(8-13(14)16)9-17-6-5-10(2)3;/h7-8,10,17H,4-6,9H2,1-3H3;1H. The third-order valence-electron chi connectivity index (χ3n) is 2.57. The average molecular weight is 327 g/mol. The Hall–Kier alpha value is -0.150. The summed E-state index contributed by atoms with van der Waals surface area (Å²) in [6, 6.07) is 3.81. The van der Waals surface area contributed by atoms with Gasteiger partial charge >= 0.3 is 0 Å². The van der Waals surface area contributed by atoms with Crippen LogP contribution in [0.3, 0.4) is 0 Å². The van der Waals surface area contributed by atoms with Crippen LogP contribution in [0.1, 0.15) is 32.8 Å². The molecule has 5 heteroatoms. The molecule has 0 aliphatic carbocycles. The van der Waals surface area contributed by atoms with Gasteiger partial charge in [-0.25, -0.2) is 0 Å².